The summed E-state index contributed by atoms with van der Waals surface area (Å²) >= 11 is 0. The summed E-state index contributed by atoms with van der Waals surface area (Å²) in [6.45, 7) is 3.73. The van der Waals surface area contributed by atoms with Gasteiger partial charge in [-0.15, -0.1) is 5.10 Å². The first kappa shape index (κ1) is 22.5. The molecule has 0 spiro atoms. The highest BCUT2D eigenvalue weighted by molar-refractivity contribution is 6.08. The van der Waals surface area contributed by atoms with Crippen molar-refractivity contribution in [3.05, 3.63) is 58.6 Å². The van der Waals surface area contributed by atoms with E-state index < -0.39 is 11.4 Å². The number of carbonyl (C=O) groups excluding carboxylic acids is 1. The zero-order chi connectivity index (χ0) is 24.9. The van der Waals surface area contributed by atoms with E-state index >= 15 is 0 Å². The van der Waals surface area contributed by atoms with E-state index in [0.29, 0.717) is 50.8 Å². The summed E-state index contributed by atoms with van der Waals surface area (Å²) in [5.74, 6) is 1.05. The maximum absolute atomic E-state index is 13.8. The molecule has 10 heteroatoms. The Morgan fingerprint density at radius 1 is 0.943 bits per heavy atom. The summed E-state index contributed by atoms with van der Waals surface area (Å²) in [5, 5.41) is 9.20. The molecule has 10 nitrogen and oxygen atoms in total. The van der Waals surface area contributed by atoms with Crippen molar-refractivity contribution in [2.45, 2.75) is 19.6 Å². The van der Waals surface area contributed by atoms with E-state index in [2.05, 4.69) is 10.3 Å². The van der Waals surface area contributed by atoms with E-state index in [-0.39, 0.29) is 11.7 Å². The van der Waals surface area contributed by atoms with E-state index in [1.807, 2.05) is 13.8 Å². The van der Waals surface area contributed by atoms with Crippen molar-refractivity contribution >= 4 is 16.8 Å². The molecule has 0 radical (unpaired) electrons. The SMILES string of the molecule is COc1ccc(-c2cn(C3(C(C)C)Oc4cc5oc(=O)ccc5cc4C3=O)nn2)c(OC)c1OC. The van der Waals surface area contributed by atoms with Gasteiger partial charge in [-0.25, -0.2) is 9.48 Å². The monoisotopic (exact) mass is 477 g/mol. The van der Waals surface area contributed by atoms with E-state index in [0.717, 1.165) is 0 Å². The number of hydrogen-bond donors (Lipinski definition) is 0. The van der Waals surface area contributed by atoms with Crippen LogP contribution in [-0.4, -0.2) is 42.1 Å². The first-order valence-corrected chi connectivity index (χ1v) is 10.9. The molecule has 2 aromatic heterocycles. The highest BCUT2D eigenvalue weighted by Crippen LogP contribution is 2.46. The predicted octanol–water partition coefficient (Wildman–Crippen LogP) is 3.66. The quantitative estimate of drug-likeness (QED) is 0.384. The Morgan fingerprint density at radius 2 is 1.71 bits per heavy atom. The lowest BCUT2D eigenvalue weighted by Crippen LogP contribution is -2.48. The second kappa shape index (κ2) is 8.15. The standard InChI is InChI=1S/C25H23N3O7/c1-13(2)25(24(30)16-10-14-6-9-21(29)34-19(14)11-20(16)35-25)28-12-17(26-27-28)15-7-8-18(31-3)23(33-5)22(15)32-4/h6-13H,1-5H3. The van der Waals surface area contributed by atoms with Crippen LogP contribution in [0.5, 0.6) is 23.0 Å². The molecule has 180 valence electrons. The Bertz CT molecular complexity index is 1520. The van der Waals surface area contributed by atoms with Crippen LogP contribution in [-0.2, 0) is 5.72 Å². The molecule has 0 bridgehead atoms. The molecule has 0 saturated carbocycles. The van der Waals surface area contributed by atoms with Crippen LogP contribution >= 0.6 is 0 Å². The van der Waals surface area contributed by atoms with Crippen LogP contribution in [0.25, 0.3) is 22.2 Å². The van der Waals surface area contributed by atoms with Gasteiger partial charge in [0.2, 0.25) is 11.5 Å². The summed E-state index contributed by atoms with van der Waals surface area (Å²) in [7, 11) is 4.57. The van der Waals surface area contributed by atoms with Crippen LogP contribution in [0.2, 0.25) is 0 Å². The zero-order valence-electron chi connectivity index (χ0n) is 19.8. The molecule has 4 aromatic rings. The highest BCUT2D eigenvalue weighted by atomic mass is 16.5. The van der Waals surface area contributed by atoms with Crippen molar-refractivity contribution in [2.24, 2.45) is 5.92 Å². The molecule has 1 aliphatic heterocycles. The first-order valence-electron chi connectivity index (χ1n) is 10.9. The third kappa shape index (κ3) is 3.24. The largest absolute Gasteiger partial charge is 0.493 e. The second-order valence-corrected chi connectivity index (χ2v) is 8.35. The van der Waals surface area contributed by atoms with Crippen molar-refractivity contribution in [1.82, 2.24) is 15.0 Å². The van der Waals surface area contributed by atoms with Gasteiger partial charge in [0.1, 0.15) is 17.0 Å². The Morgan fingerprint density at radius 3 is 2.40 bits per heavy atom. The van der Waals surface area contributed by atoms with Crippen LogP contribution in [0, 0.1) is 5.92 Å². The molecule has 0 N–H and O–H groups in total. The molecule has 1 unspecified atom stereocenters. The fourth-order valence-corrected chi connectivity index (χ4v) is 4.41. The maximum Gasteiger partial charge on any atom is 0.336 e. The summed E-state index contributed by atoms with van der Waals surface area (Å²) < 4.78 is 29.4. The Balaban J connectivity index is 1.63. The van der Waals surface area contributed by atoms with Crippen LogP contribution < -0.4 is 24.6 Å². The van der Waals surface area contributed by atoms with E-state index in [1.54, 1.807) is 36.5 Å². The molecule has 35 heavy (non-hydrogen) atoms. The van der Waals surface area contributed by atoms with Gasteiger partial charge in [-0.2, -0.15) is 0 Å². The number of methoxy groups -OCH3 is 3. The lowest BCUT2D eigenvalue weighted by atomic mass is 9.92. The number of benzene rings is 2. The molecule has 0 aliphatic carbocycles. The third-order valence-electron chi connectivity index (χ3n) is 6.15. The molecule has 1 atom stereocenters. The van der Waals surface area contributed by atoms with Gasteiger partial charge >= 0.3 is 5.63 Å². The lowest BCUT2D eigenvalue weighted by molar-refractivity contribution is -0.0241. The van der Waals surface area contributed by atoms with Gasteiger partial charge in [0.15, 0.2) is 11.5 Å². The molecule has 0 saturated heterocycles. The van der Waals surface area contributed by atoms with E-state index in [9.17, 15) is 9.59 Å². The number of ketones is 1. The topological polar surface area (TPSA) is 115 Å². The fourth-order valence-electron chi connectivity index (χ4n) is 4.41. The molecule has 0 fully saturated rings. The number of nitrogens with zero attached hydrogens (tertiary/aromatic N) is 3. The van der Waals surface area contributed by atoms with Crippen molar-refractivity contribution in [2.75, 3.05) is 21.3 Å². The van der Waals surface area contributed by atoms with Crippen LogP contribution in [0.15, 0.2) is 51.8 Å². The molecule has 3 heterocycles. The van der Waals surface area contributed by atoms with Gasteiger partial charge < -0.3 is 23.4 Å². The molecule has 1 aliphatic rings. The fraction of sp³-hybridized carbons (Fsp3) is 0.280. The van der Waals surface area contributed by atoms with E-state index in [4.69, 9.17) is 23.4 Å². The summed E-state index contributed by atoms with van der Waals surface area (Å²) in [6, 6.07) is 9.65. The third-order valence-corrected chi connectivity index (χ3v) is 6.15. The number of aromatic nitrogens is 3. The zero-order valence-corrected chi connectivity index (χ0v) is 19.8. The number of fused-ring (bicyclic) bond motifs is 2. The van der Waals surface area contributed by atoms with Gasteiger partial charge in [0.05, 0.1) is 33.1 Å². The normalized spacial score (nSPS) is 16.9. The van der Waals surface area contributed by atoms with Gasteiger partial charge in [0, 0.05) is 29.0 Å². The number of Topliss-reactive ketones (excluding diaryl/α,β-unsaturated/α-hetero) is 1. The number of ether oxygens (including phenoxy) is 4. The second-order valence-electron chi connectivity index (χ2n) is 8.35. The van der Waals surface area contributed by atoms with E-state index in [1.165, 1.54) is 32.1 Å². The maximum atomic E-state index is 13.8. The smallest absolute Gasteiger partial charge is 0.336 e. The summed E-state index contributed by atoms with van der Waals surface area (Å²) in [6.07, 6.45) is 1.63. The van der Waals surface area contributed by atoms with Crippen LogP contribution in [0.3, 0.4) is 0 Å². The van der Waals surface area contributed by atoms with Crippen LogP contribution in [0.4, 0.5) is 0 Å². The minimum absolute atomic E-state index is 0.272. The van der Waals surface area contributed by atoms with Crippen molar-refractivity contribution < 1.29 is 28.2 Å². The summed E-state index contributed by atoms with van der Waals surface area (Å²) in [4.78, 5) is 25.4. The summed E-state index contributed by atoms with van der Waals surface area (Å²) in [5.41, 5.74) is -0.202. The van der Waals surface area contributed by atoms with Gasteiger partial charge in [0.25, 0.3) is 5.72 Å². The Kier molecular flexibility index (Phi) is 5.23. The highest BCUT2D eigenvalue weighted by Gasteiger charge is 2.53. The molecular weight excluding hydrogens is 454 g/mol. The van der Waals surface area contributed by atoms with Gasteiger partial charge in [-0.1, -0.05) is 19.1 Å². The molecule has 2 aromatic carbocycles. The number of carbonyl (C=O) groups is 1. The molecule has 0 amide bonds. The first-order chi connectivity index (χ1) is 16.8. The van der Waals surface area contributed by atoms with Crippen molar-refractivity contribution in [3.63, 3.8) is 0 Å². The van der Waals surface area contributed by atoms with Crippen molar-refractivity contribution in [1.29, 1.82) is 0 Å². The molecular formula is C25H23N3O7. The van der Waals surface area contributed by atoms with Crippen LogP contribution in [0.1, 0.15) is 24.2 Å². The average molecular weight is 477 g/mol. The Hall–Kier alpha value is -4.34. The molecule has 5 rings (SSSR count). The Labute approximate surface area is 200 Å². The minimum atomic E-state index is -1.48. The van der Waals surface area contributed by atoms with Crippen molar-refractivity contribution in [3.8, 4) is 34.3 Å². The minimum Gasteiger partial charge on any atom is -0.493 e. The van der Waals surface area contributed by atoms with Gasteiger partial charge in [-0.05, 0) is 24.3 Å². The average Bonchev–Trinajstić information content (AvgIpc) is 3.45. The number of rotatable bonds is 6. The predicted molar refractivity (Wildman–Crippen MR) is 125 cm³/mol. The van der Waals surface area contributed by atoms with Gasteiger partial charge in [-0.3, -0.25) is 4.79 Å². The number of hydrogen-bond acceptors (Lipinski definition) is 9. The lowest BCUT2D eigenvalue weighted by Gasteiger charge is -2.30.